The smallest absolute Gasteiger partial charge is 0.300 e. The second kappa shape index (κ2) is 9.65. The van der Waals surface area contributed by atoms with E-state index in [1.807, 2.05) is 13.0 Å². The molecular formula is C27H21BrN2O5. The molecule has 4 rings (SSSR count). The Kier molecular flexibility index (Phi) is 6.63. The Bertz CT molecular complexity index is 1410. The zero-order valence-corrected chi connectivity index (χ0v) is 20.8. The molecule has 1 N–H and O–H groups in total. The van der Waals surface area contributed by atoms with Crippen LogP contribution >= 0.6 is 15.9 Å². The van der Waals surface area contributed by atoms with Crippen LogP contribution in [0.5, 0.6) is 11.5 Å². The Hall–Kier alpha value is -4.09. The molecule has 35 heavy (non-hydrogen) atoms. The summed E-state index contributed by atoms with van der Waals surface area (Å²) < 4.78 is 11.9. The molecule has 1 saturated heterocycles. The van der Waals surface area contributed by atoms with Gasteiger partial charge < -0.3 is 14.6 Å². The highest BCUT2D eigenvalue weighted by Gasteiger charge is 2.48. The summed E-state index contributed by atoms with van der Waals surface area (Å²) in [5.41, 5.74) is 2.44. The number of amides is 1. The van der Waals surface area contributed by atoms with Gasteiger partial charge in [0.1, 0.15) is 5.76 Å². The van der Waals surface area contributed by atoms with Gasteiger partial charge in [-0.3, -0.25) is 14.5 Å². The molecule has 0 aromatic heterocycles. The van der Waals surface area contributed by atoms with Crippen molar-refractivity contribution in [2.45, 2.75) is 13.0 Å². The van der Waals surface area contributed by atoms with E-state index in [0.717, 1.165) is 10.0 Å². The number of nitriles is 1. The Labute approximate surface area is 210 Å². The quantitative estimate of drug-likeness (QED) is 0.273. The fraction of sp³-hybridized carbons (Fsp3) is 0.148. The lowest BCUT2D eigenvalue weighted by Crippen LogP contribution is -2.29. The molecule has 7 nitrogen and oxygen atoms in total. The number of benzene rings is 3. The Morgan fingerprint density at radius 2 is 1.77 bits per heavy atom. The summed E-state index contributed by atoms with van der Waals surface area (Å²) in [6.45, 7) is 1.86. The number of anilines is 1. The number of hydrogen-bond acceptors (Lipinski definition) is 6. The second-order valence-corrected chi connectivity index (χ2v) is 8.73. The van der Waals surface area contributed by atoms with Gasteiger partial charge in [-0.1, -0.05) is 34.1 Å². The summed E-state index contributed by atoms with van der Waals surface area (Å²) in [6, 6.07) is 17.6. The van der Waals surface area contributed by atoms with Crippen molar-refractivity contribution < 1.29 is 24.2 Å². The number of aliphatic hydroxyl groups is 1. The average molecular weight is 533 g/mol. The van der Waals surface area contributed by atoms with Gasteiger partial charge in [0.15, 0.2) is 11.5 Å². The minimum atomic E-state index is -1.00. The number of aryl methyl sites for hydroxylation is 1. The average Bonchev–Trinajstić information content (AvgIpc) is 3.14. The fourth-order valence-corrected chi connectivity index (χ4v) is 4.41. The lowest BCUT2D eigenvalue weighted by atomic mass is 9.93. The van der Waals surface area contributed by atoms with E-state index in [1.165, 1.54) is 19.1 Å². The van der Waals surface area contributed by atoms with E-state index < -0.39 is 17.7 Å². The highest BCUT2D eigenvalue weighted by atomic mass is 79.9. The summed E-state index contributed by atoms with van der Waals surface area (Å²) >= 11 is 3.44. The molecular weight excluding hydrogens is 512 g/mol. The van der Waals surface area contributed by atoms with Gasteiger partial charge in [-0.25, -0.2) is 0 Å². The van der Waals surface area contributed by atoms with E-state index in [1.54, 1.807) is 60.7 Å². The van der Waals surface area contributed by atoms with Crippen molar-refractivity contribution in [3.8, 4) is 17.6 Å². The molecule has 0 spiro atoms. The van der Waals surface area contributed by atoms with E-state index >= 15 is 0 Å². The van der Waals surface area contributed by atoms with Crippen LogP contribution in [0.2, 0.25) is 0 Å². The van der Waals surface area contributed by atoms with Gasteiger partial charge in [0.25, 0.3) is 11.7 Å². The van der Waals surface area contributed by atoms with Crippen LogP contribution in [0.3, 0.4) is 0 Å². The monoisotopic (exact) mass is 532 g/mol. The highest BCUT2D eigenvalue weighted by molar-refractivity contribution is 9.10. The molecule has 3 aromatic rings. The lowest BCUT2D eigenvalue weighted by Gasteiger charge is -2.27. The van der Waals surface area contributed by atoms with E-state index in [4.69, 9.17) is 14.7 Å². The van der Waals surface area contributed by atoms with Gasteiger partial charge in [0.05, 0.1) is 37.5 Å². The number of halogens is 1. The van der Waals surface area contributed by atoms with Crippen molar-refractivity contribution in [1.82, 2.24) is 0 Å². The van der Waals surface area contributed by atoms with E-state index in [0.29, 0.717) is 33.9 Å². The maximum Gasteiger partial charge on any atom is 0.300 e. The molecule has 8 heteroatoms. The van der Waals surface area contributed by atoms with Gasteiger partial charge in [-0.15, -0.1) is 0 Å². The molecule has 0 radical (unpaired) electrons. The molecule has 1 heterocycles. The summed E-state index contributed by atoms with van der Waals surface area (Å²) in [4.78, 5) is 28.0. The molecule has 3 aromatic carbocycles. The van der Waals surface area contributed by atoms with Crippen molar-refractivity contribution in [2.75, 3.05) is 19.1 Å². The van der Waals surface area contributed by atoms with Crippen LogP contribution in [-0.2, 0) is 9.59 Å². The fourth-order valence-electron chi connectivity index (χ4n) is 4.16. The number of ketones is 1. The number of aliphatic hydroxyl groups excluding tert-OH is 1. The normalized spacial score (nSPS) is 16.8. The van der Waals surface area contributed by atoms with Crippen LogP contribution < -0.4 is 14.4 Å². The summed E-state index contributed by atoms with van der Waals surface area (Å²) in [5, 5.41) is 20.5. The highest BCUT2D eigenvalue weighted by Crippen LogP contribution is 2.47. The van der Waals surface area contributed by atoms with Crippen LogP contribution in [0.4, 0.5) is 5.69 Å². The first-order valence-electron chi connectivity index (χ1n) is 10.6. The predicted octanol–water partition coefficient (Wildman–Crippen LogP) is 5.27. The molecule has 0 bridgehead atoms. The molecule has 176 valence electrons. The third-order valence-electron chi connectivity index (χ3n) is 5.88. The standard InChI is InChI=1S/C27H21BrN2O5/c1-15-13-17(9-12-20(15)28)24(31)22-23(19-5-4-6-21(34-2)26(19)35-3)30(27(33)25(22)32)18-10-7-16(14-29)8-11-18/h4-13,23,31H,1-3H3/b24-22-. The molecule has 1 atom stereocenters. The summed E-state index contributed by atoms with van der Waals surface area (Å²) in [7, 11) is 2.96. The number of methoxy groups -OCH3 is 2. The molecule has 1 aliphatic rings. The largest absolute Gasteiger partial charge is 0.507 e. The number of rotatable bonds is 5. The van der Waals surface area contributed by atoms with Gasteiger partial charge >= 0.3 is 0 Å². The van der Waals surface area contributed by atoms with Crippen LogP contribution in [0.15, 0.2) is 70.7 Å². The van der Waals surface area contributed by atoms with Crippen LogP contribution in [0.1, 0.15) is 28.3 Å². The van der Waals surface area contributed by atoms with Crippen LogP contribution in [0.25, 0.3) is 5.76 Å². The number of para-hydroxylation sites is 1. The molecule has 1 unspecified atom stereocenters. The molecule has 0 saturated carbocycles. The first-order chi connectivity index (χ1) is 16.8. The lowest BCUT2D eigenvalue weighted by molar-refractivity contribution is -0.132. The molecule has 0 aliphatic carbocycles. The third-order valence-corrected chi connectivity index (χ3v) is 6.77. The molecule has 1 fully saturated rings. The Morgan fingerprint density at radius 1 is 1.06 bits per heavy atom. The minimum Gasteiger partial charge on any atom is -0.507 e. The van der Waals surface area contributed by atoms with Crippen LogP contribution in [0, 0.1) is 18.3 Å². The first-order valence-corrected chi connectivity index (χ1v) is 11.4. The second-order valence-electron chi connectivity index (χ2n) is 7.87. The number of carbonyl (C=O) groups excluding carboxylic acids is 2. The van der Waals surface area contributed by atoms with Gasteiger partial charge in [-0.05, 0) is 55.0 Å². The first kappa shape index (κ1) is 24.0. The van der Waals surface area contributed by atoms with E-state index in [-0.39, 0.29) is 11.3 Å². The Morgan fingerprint density at radius 3 is 2.37 bits per heavy atom. The maximum absolute atomic E-state index is 13.4. The zero-order valence-electron chi connectivity index (χ0n) is 19.2. The maximum atomic E-state index is 13.4. The minimum absolute atomic E-state index is 0.0763. The third kappa shape index (κ3) is 4.15. The zero-order chi connectivity index (χ0) is 25.3. The van der Waals surface area contributed by atoms with Crippen molar-refractivity contribution in [3.63, 3.8) is 0 Å². The topological polar surface area (TPSA) is 99.9 Å². The van der Waals surface area contributed by atoms with E-state index in [2.05, 4.69) is 15.9 Å². The SMILES string of the molecule is COc1cccc(C2/C(=C(/O)c3ccc(Br)c(C)c3)C(=O)C(=O)N2c2ccc(C#N)cc2)c1OC. The van der Waals surface area contributed by atoms with Crippen molar-refractivity contribution in [1.29, 1.82) is 5.26 Å². The van der Waals surface area contributed by atoms with Crippen molar-refractivity contribution >= 4 is 39.1 Å². The van der Waals surface area contributed by atoms with Gasteiger partial charge in [0.2, 0.25) is 0 Å². The van der Waals surface area contributed by atoms with Crippen molar-refractivity contribution in [2.24, 2.45) is 0 Å². The number of nitrogens with zero attached hydrogens (tertiary/aromatic N) is 2. The number of Topliss-reactive ketones (excluding diaryl/α,β-unsaturated/α-hetero) is 1. The van der Waals surface area contributed by atoms with Gasteiger partial charge in [-0.2, -0.15) is 5.26 Å². The molecule has 1 amide bonds. The van der Waals surface area contributed by atoms with E-state index in [9.17, 15) is 14.7 Å². The van der Waals surface area contributed by atoms with Crippen LogP contribution in [-0.4, -0.2) is 31.0 Å². The Balaban J connectivity index is 2.01. The van der Waals surface area contributed by atoms with Crippen molar-refractivity contribution in [3.05, 3.63) is 93.0 Å². The molecule has 1 aliphatic heterocycles. The van der Waals surface area contributed by atoms with Gasteiger partial charge in [0, 0.05) is 21.3 Å². The predicted molar refractivity (Wildman–Crippen MR) is 134 cm³/mol. The summed E-state index contributed by atoms with van der Waals surface area (Å²) in [5.74, 6) is -1.19. The number of carbonyl (C=O) groups is 2. The summed E-state index contributed by atoms with van der Waals surface area (Å²) in [6.07, 6.45) is 0. The number of ether oxygens (including phenoxy) is 2. The number of hydrogen-bond donors (Lipinski definition) is 1.